The summed E-state index contributed by atoms with van der Waals surface area (Å²) in [5.41, 5.74) is 2.02. The number of nitro groups is 1. The number of benzene rings is 1. The average Bonchev–Trinajstić information content (AvgIpc) is 2.59. The molecule has 0 amide bonds. The van der Waals surface area contributed by atoms with Crippen LogP contribution >= 0.6 is 0 Å². The summed E-state index contributed by atoms with van der Waals surface area (Å²) in [5, 5.41) is 11.4. The summed E-state index contributed by atoms with van der Waals surface area (Å²) in [5.74, 6) is 0. The van der Waals surface area contributed by atoms with Gasteiger partial charge < -0.3 is 4.98 Å². The van der Waals surface area contributed by atoms with E-state index in [1.807, 2.05) is 19.1 Å². The van der Waals surface area contributed by atoms with E-state index in [1.165, 1.54) is 6.07 Å². The first-order valence-corrected chi connectivity index (χ1v) is 4.47. The van der Waals surface area contributed by atoms with Crippen LogP contribution in [0, 0.1) is 10.1 Å². The van der Waals surface area contributed by atoms with Crippen molar-refractivity contribution in [2.45, 2.75) is 13.3 Å². The van der Waals surface area contributed by atoms with Gasteiger partial charge in [0.2, 0.25) is 0 Å². The lowest BCUT2D eigenvalue weighted by Gasteiger charge is -1.91. The van der Waals surface area contributed by atoms with Crippen molar-refractivity contribution in [2.75, 3.05) is 0 Å². The molecule has 1 heterocycles. The van der Waals surface area contributed by atoms with Crippen LogP contribution in [0.15, 0.2) is 24.3 Å². The van der Waals surface area contributed by atoms with E-state index in [0.29, 0.717) is 5.39 Å². The van der Waals surface area contributed by atoms with Gasteiger partial charge in [-0.15, -0.1) is 0 Å². The number of nitrogens with zero attached hydrogens (tertiary/aromatic N) is 1. The molecular weight excluding hydrogens is 180 g/mol. The molecule has 4 heteroatoms. The van der Waals surface area contributed by atoms with Gasteiger partial charge in [-0.2, -0.15) is 0 Å². The van der Waals surface area contributed by atoms with Crippen molar-refractivity contribution in [3.63, 3.8) is 0 Å². The Bertz CT molecular complexity index is 488. The molecular formula is C10H10N2O2. The van der Waals surface area contributed by atoms with Gasteiger partial charge in [-0.3, -0.25) is 10.1 Å². The lowest BCUT2D eigenvalue weighted by molar-refractivity contribution is -0.383. The first-order valence-electron chi connectivity index (χ1n) is 4.47. The van der Waals surface area contributed by atoms with Crippen molar-refractivity contribution < 1.29 is 4.92 Å². The molecule has 4 nitrogen and oxygen atoms in total. The first-order chi connectivity index (χ1) is 6.72. The Morgan fingerprint density at radius 3 is 2.93 bits per heavy atom. The zero-order valence-electron chi connectivity index (χ0n) is 7.78. The number of fused-ring (bicyclic) bond motifs is 1. The van der Waals surface area contributed by atoms with Gasteiger partial charge in [0.05, 0.1) is 15.8 Å². The number of aromatic amines is 1. The topological polar surface area (TPSA) is 58.9 Å². The quantitative estimate of drug-likeness (QED) is 0.584. The van der Waals surface area contributed by atoms with Crippen molar-refractivity contribution >= 4 is 16.6 Å². The van der Waals surface area contributed by atoms with Crippen LogP contribution in [-0.4, -0.2) is 9.91 Å². The third kappa shape index (κ3) is 1.25. The van der Waals surface area contributed by atoms with Crippen molar-refractivity contribution in [2.24, 2.45) is 0 Å². The molecule has 72 valence electrons. The number of aryl methyl sites for hydroxylation is 1. The minimum atomic E-state index is -0.352. The summed E-state index contributed by atoms with van der Waals surface area (Å²) in [6.45, 7) is 2.01. The third-order valence-corrected chi connectivity index (χ3v) is 2.27. The van der Waals surface area contributed by atoms with Crippen LogP contribution in [0.2, 0.25) is 0 Å². The number of hydrogen-bond acceptors (Lipinski definition) is 2. The van der Waals surface area contributed by atoms with Gasteiger partial charge in [-0.05, 0) is 18.6 Å². The summed E-state index contributed by atoms with van der Waals surface area (Å²) in [6.07, 6.45) is 0.853. The zero-order valence-corrected chi connectivity index (χ0v) is 7.78. The van der Waals surface area contributed by atoms with Crippen LogP contribution < -0.4 is 0 Å². The lowest BCUT2D eigenvalue weighted by atomic mass is 10.2. The predicted octanol–water partition coefficient (Wildman–Crippen LogP) is 2.64. The molecule has 2 rings (SSSR count). The number of hydrogen-bond donors (Lipinski definition) is 1. The Kier molecular flexibility index (Phi) is 1.96. The summed E-state index contributed by atoms with van der Waals surface area (Å²) in [6, 6.07) is 6.90. The van der Waals surface area contributed by atoms with E-state index in [0.717, 1.165) is 17.6 Å². The second kappa shape index (κ2) is 3.14. The molecule has 0 aliphatic rings. The van der Waals surface area contributed by atoms with Crippen LogP contribution in [0.4, 0.5) is 5.69 Å². The van der Waals surface area contributed by atoms with Crippen LogP contribution in [0.1, 0.15) is 12.6 Å². The monoisotopic (exact) mass is 190 g/mol. The predicted molar refractivity (Wildman–Crippen MR) is 54.3 cm³/mol. The highest BCUT2D eigenvalue weighted by molar-refractivity contribution is 5.89. The number of nitrogens with one attached hydrogen (secondary N) is 1. The normalized spacial score (nSPS) is 10.6. The van der Waals surface area contributed by atoms with E-state index in [2.05, 4.69) is 4.98 Å². The molecule has 0 saturated carbocycles. The van der Waals surface area contributed by atoms with Gasteiger partial charge in [0.1, 0.15) is 0 Å². The molecule has 1 aromatic heterocycles. The molecule has 0 fully saturated rings. The van der Waals surface area contributed by atoms with E-state index in [1.54, 1.807) is 6.07 Å². The summed E-state index contributed by atoms with van der Waals surface area (Å²) < 4.78 is 0. The van der Waals surface area contributed by atoms with Gasteiger partial charge in [0.15, 0.2) is 0 Å². The minimum Gasteiger partial charge on any atom is -0.358 e. The minimum absolute atomic E-state index is 0.165. The Balaban J connectivity index is 2.73. The Hall–Kier alpha value is -1.84. The van der Waals surface area contributed by atoms with E-state index in [-0.39, 0.29) is 10.6 Å². The average molecular weight is 190 g/mol. The van der Waals surface area contributed by atoms with Gasteiger partial charge >= 0.3 is 0 Å². The molecule has 14 heavy (non-hydrogen) atoms. The number of H-pyrrole nitrogens is 1. The second-order valence-electron chi connectivity index (χ2n) is 3.14. The molecule has 2 aromatic rings. The smallest absolute Gasteiger partial charge is 0.278 e. The highest BCUT2D eigenvalue weighted by atomic mass is 16.6. The summed E-state index contributed by atoms with van der Waals surface area (Å²) >= 11 is 0. The molecule has 0 unspecified atom stereocenters. The zero-order chi connectivity index (χ0) is 10.1. The standard InChI is InChI=1S/C10H10N2O2/c1-2-7-6-8-9(11-7)4-3-5-10(8)12(13)14/h3-6,11H,2H2,1H3. The van der Waals surface area contributed by atoms with Gasteiger partial charge in [0.25, 0.3) is 5.69 Å². The van der Waals surface area contributed by atoms with Crippen LogP contribution in [0.25, 0.3) is 10.9 Å². The van der Waals surface area contributed by atoms with Crippen molar-refractivity contribution in [3.8, 4) is 0 Å². The van der Waals surface area contributed by atoms with Gasteiger partial charge in [-0.25, -0.2) is 0 Å². The van der Waals surface area contributed by atoms with Crippen molar-refractivity contribution in [1.29, 1.82) is 0 Å². The second-order valence-corrected chi connectivity index (χ2v) is 3.14. The maximum Gasteiger partial charge on any atom is 0.278 e. The van der Waals surface area contributed by atoms with E-state index >= 15 is 0 Å². The summed E-state index contributed by atoms with van der Waals surface area (Å²) in [7, 11) is 0. The maximum atomic E-state index is 10.7. The SMILES string of the molecule is CCc1cc2c([N+](=O)[O-])cccc2[nH]1. The molecule has 1 aromatic carbocycles. The molecule has 1 N–H and O–H groups in total. The molecule has 0 bridgehead atoms. The maximum absolute atomic E-state index is 10.7. The number of rotatable bonds is 2. The van der Waals surface area contributed by atoms with Crippen LogP contribution in [0.3, 0.4) is 0 Å². The third-order valence-electron chi connectivity index (χ3n) is 2.27. The molecule has 0 aliphatic carbocycles. The van der Waals surface area contributed by atoms with E-state index in [9.17, 15) is 10.1 Å². The van der Waals surface area contributed by atoms with Gasteiger partial charge in [0, 0.05) is 11.8 Å². The van der Waals surface area contributed by atoms with Crippen molar-refractivity contribution in [3.05, 3.63) is 40.1 Å². The number of nitro benzene ring substituents is 1. The fourth-order valence-corrected chi connectivity index (χ4v) is 1.55. The Labute approximate surface area is 80.7 Å². The van der Waals surface area contributed by atoms with Crippen molar-refractivity contribution in [1.82, 2.24) is 4.98 Å². The summed E-state index contributed by atoms with van der Waals surface area (Å²) in [4.78, 5) is 13.5. The molecule has 0 saturated heterocycles. The molecule has 0 spiro atoms. The Morgan fingerprint density at radius 2 is 2.29 bits per heavy atom. The van der Waals surface area contributed by atoms with E-state index in [4.69, 9.17) is 0 Å². The number of non-ortho nitro benzene ring substituents is 1. The fraction of sp³-hybridized carbons (Fsp3) is 0.200. The molecule has 0 aliphatic heterocycles. The highest BCUT2D eigenvalue weighted by Gasteiger charge is 2.12. The highest BCUT2D eigenvalue weighted by Crippen LogP contribution is 2.25. The molecule has 0 radical (unpaired) electrons. The largest absolute Gasteiger partial charge is 0.358 e. The van der Waals surface area contributed by atoms with Crippen LogP contribution in [-0.2, 0) is 6.42 Å². The van der Waals surface area contributed by atoms with E-state index < -0.39 is 0 Å². The van der Waals surface area contributed by atoms with Gasteiger partial charge in [-0.1, -0.05) is 13.0 Å². The van der Waals surface area contributed by atoms with Crippen LogP contribution in [0.5, 0.6) is 0 Å². The first kappa shape index (κ1) is 8.74. The fourth-order valence-electron chi connectivity index (χ4n) is 1.55. The number of aromatic nitrogens is 1. The Morgan fingerprint density at radius 1 is 1.50 bits per heavy atom. The lowest BCUT2D eigenvalue weighted by Crippen LogP contribution is -1.87. The molecule has 0 atom stereocenters.